The molecule has 31 heavy (non-hydrogen) atoms. The van der Waals surface area contributed by atoms with Crippen molar-refractivity contribution >= 4 is 35.5 Å². The monoisotopic (exact) mass is 454 g/mol. The summed E-state index contributed by atoms with van der Waals surface area (Å²) >= 11 is 1.49. The molecule has 0 heterocycles. The van der Waals surface area contributed by atoms with Crippen LogP contribution in [0.1, 0.15) is 18.9 Å². The third-order valence-electron chi connectivity index (χ3n) is 4.41. The maximum atomic E-state index is 12.8. The first-order valence-corrected chi connectivity index (χ1v) is 11.1. The summed E-state index contributed by atoms with van der Waals surface area (Å²) in [7, 11) is 0. The van der Waals surface area contributed by atoms with E-state index in [0.717, 1.165) is 5.56 Å². The first-order chi connectivity index (χ1) is 14.7. The number of aliphatic carboxylic acids is 1. The highest BCUT2D eigenvalue weighted by atomic mass is 32.2. The summed E-state index contributed by atoms with van der Waals surface area (Å²) in [6, 6.07) is 5.30. The molecule has 0 saturated heterocycles. The number of nitrogens with two attached hydrogens (primary N) is 1. The zero-order valence-electron chi connectivity index (χ0n) is 17.5. The lowest BCUT2D eigenvalue weighted by atomic mass is 10.0. The molecule has 0 saturated carbocycles. The van der Waals surface area contributed by atoms with Crippen molar-refractivity contribution in [2.75, 3.05) is 18.6 Å². The molecule has 0 aliphatic carbocycles. The molecule has 0 bridgehead atoms. The van der Waals surface area contributed by atoms with Gasteiger partial charge in [0.1, 0.15) is 12.1 Å². The number of amides is 3. The second-order valence-corrected chi connectivity index (χ2v) is 7.91. The molecule has 4 atom stereocenters. The summed E-state index contributed by atoms with van der Waals surface area (Å²) in [5.74, 6) is -2.68. The second-order valence-electron chi connectivity index (χ2n) is 6.92. The van der Waals surface area contributed by atoms with Gasteiger partial charge in [-0.1, -0.05) is 30.3 Å². The quantitative estimate of drug-likeness (QED) is 0.217. The number of nitrogens with one attached hydrogen (secondary N) is 3. The number of carbonyl (C=O) groups excluding carboxylic acids is 3. The lowest BCUT2D eigenvalue weighted by molar-refractivity contribution is -0.145. The molecule has 4 unspecified atom stereocenters. The van der Waals surface area contributed by atoms with Crippen LogP contribution in [-0.2, 0) is 25.6 Å². The third kappa shape index (κ3) is 9.37. The number of aliphatic hydroxyl groups is 1. The Hall–Kier alpha value is -2.63. The molecule has 1 rings (SSSR count). The van der Waals surface area contributed by atoms with Crippen LogP contribution in [-0.4, -0.2) is 76.7 Å². The molecule has 3 amide bonds. The highest BCUT2D eigenvalue weighted by Crippen LogP contribution is 2.07. The van der Waals surface area contributed by atoms with Gasteiger partial charge in [-0.05, 0) is 30.9 Å². The van der Waals surface area contributed by atoms with Gasteiger partial charge in [0.2, 0.25) is 17.7 Å². The van der Waals surface area contributed by atoms with Gasteiger partial charge in [-0.15, -0.1) is 0 Å². The van der Waals surface area contributed by atoms with Crippen LogP contribution in [0, 0.1) is 0 Å². The molecule has 1 aromatic carbocycles. The summed E-state index contributed by atoms with van der Waals surface area (Å²) in [5.41, 5.74) is 6.05. The van der Waals surface area contributed by atoms with Crippen molar-refractivity contribution in [3.8, 4) is 0 Å². The number of carboxylic acid groups (broad SMARTS) is 1. The van der Waals surface area contributed by atoms with E-state index in [-0.39, 0.29) is 13.0 Å². The van der Waals surface area contributed by atoms with Gasteiger partial charge in [0, 0.05) is 6.42 Å². The van der Waals surface area contributed by atoms with Crippen molar-refractivity contribution in [1.82, 2.24) is 16.0 Å². The summed E-state index contributed by atoms with van der Waals surface area (Å²) in [6.45, 7) is 0.955. The fraction of sp³-hybridized carbons (Fsp3) is 0.500. The average Bonchev–Trinajstić information content (AvgIpc) is 2.74. The molecule has 10 nitrogen and oxygen atoms in total. The molecule has 7 N–H and O–H groups in total. The van der Waals surface area contributed by atoms with E-state index in [2.05, 4.69) is 16.0 Å². The Labute approximate surface area is 185 Å². The van der Waals surface area contributed by atoms with Crippen LogP contribution in [0.25, 0.3) is 0 Å². The summed E-state index contributed by atoms with van der Waals surface area (Å²) < 4.78 is 0. The van der Waals surface area contributed by atoms with E-state index in [9.17, 15) is 29.4 Å². The minimum atomic E-state index is -1.54. The predicted molar refractivity (Wildman–Crippen MR) is 117 cm³/mol. The smallest absolute Gasteiger partial charge is 0.328 e. The molecule has 0 radical (unpaired) electrons. The number of aliphatic hydroxyl groups excluding tert-OH is 1. The fourth-order valence-electron chi connectivity index (χ4n) is 2.73. The van der Waals surface area contributed by atoms with Gasteiger partial charge in [0.05, 0.1) is 12.6 Å². The molecule has 11 heteroatoms. The summed E-state index contributed by atoms with van der Waals surface area (Å²) in [5, 5.41) is 26.3. The van der Waals surface area contributed by atoms with Gasteiger partial charge in [0.15, 0.2) is 6.04 Å². The van der Waals surface area contributed by atoms with Crippen LogP contribution >= 0.6 is 11.8 Å². The van der Waals surface area contributed by atoms with Gasteiger partial charge >= 0.3 is 5.97 Å². The largest absolute Gasteiger partial charge is 0.480 e. The number of rotatable bonds is 13. The number of carbonyl (C=O) groups is 4. The SMILES string of the molecule is CSCCC(NC(=O)CN)C(=O)NC(Cc1ccccc1)C(=O)NC(C(=O)O)C(C)O. The molecular formula is C20H30N4O6S. The molecule has 1 aromatic rings. The first kappa shape index (κ1) is 26.4. The van der Waals surface area contributed by atoms with E-state index in [1.807, 2.05) is 6.26 Å². The van der Waals surface area contributed by atoms with E-state index < -0.39 is 47.9 Å². The zero-order chi connectivity index (χ0) is 23.4. The molecule has 172 valence electrons. The Bertz CT molecular complexity index is 746. The van der Waals surface area contributed by atoms with Crippen molar-refractivity contribution in [3.05, 3.63) is 35.9 Å². The van der Waals surface area contributed by atoms with E-state index in [4.69, 9.17) is 5.73 Å². The van der Waals surface area contributed by atoms with Gasteiger partial charge in [-0.3, -0.25) is 14.4 Å². The summed E-state index contributed by atoms with van der Waals surface area (Å²) in [4.78, 5) is 48.7. The Kier molecular flexibility index (Phi) is 11.6. The summed E-state index contributed by atoms with van der Waals surface area (Å²) in [6.07, 6.45) is 0.926. The normalized spacial score (nSPS) is 14.6. The Morgan fingerprint density at radius 2 is 1.65 bits per heavy atom. The number of hydrogen-bond acceptors (Lipinski definition) is 7. The van der Waals surface area contributed by atoms with Gasteiger partial charge in [-0.2, -0.15) is 11.8 Å². The standard InChI is InChI=1S/C20H30N4O6S/c1-12(25)17(20(29)30)24-19(28)15(10-13-6-4-3-5-7-13)23-18(27)14(8-9-31-2)22-16(26)11-21/h3-7,12,14-15,17,25H,8-11,21H2,1-2H3,(H,22,26)(H,23,27)(H,24,28)(H,29,30). The number of carboxylic acids is 1. The van der Waals surface area contributed by atoms with Crippen molar-refractivity contribution in [2.24, 2.45) is 5.73 Å². The van der Waals surface area contributed by atoms with Gasteiger partial charge in [-0.25, -0.2) is 4.79 Å². The van der Waals surface area contributed by atoms with Crippen molar-refractivity contribution in [3.63, 3.8) is 0 Å². The van der Waals surface area contributed by atoms with E-state index >= 15 is 0 Å². The van der Waals surface area contributed by atoms with Crippen LogP contribution in [0.15, 0.2) is 30.3 Å². The molecule has 0 aromatic heterocycles. The minimum absolute atomic E-state index is 0.0879. The van der Waals surface area contributed by atoms with Crippen LogP contribution in [0.3, 0.4) is 0 Å². The van der Waals surface area contributed by atoms with E-state index in [1.165, 1.54) is 18.7 Å². The number of thioether (sulfide) groups is 1. The Morgan fingerprint density at radius 1 is 1.03 bits per heavy atom. The van der Waals surface area contributed by atoms with Crippen LogP contribution in [0.4, 0.5) is 0 Å². The van der Waals surface area contributed by atoms with Crippen LogP contribution < -0.4 is 21.7 Å². The number of hydrogen-bond donors (Lipinski definition) is 6. The molecule has 0 fully saturated rings. The third-order valence-corrected chi connectivity index (χ3v) is 5.05. The maximum Gasteiger partial charge on any atom is 0.328 e. The average molecular weight is 455 g/mol. The first-order valence-electron chi connectivity index (χ1n) is 9.73. The minimum Gasteiger partial charge on any atom is -0.480 e. The number of benzene rings is 1. The highest BCUT2D eigenvalue weighted by Gasteiger charge is 2.31. The molecular weight excluding hydrogens is 424 g/mol. The van der Waals surface area contributed by atoms with Gasteiger partial charge in [0.25, 0.3) is 0 Å². The van der Waals surface area contributed by atoms with Crippen molar-refractivity contribution < 1.29 is 29.4 Å². The van der Waals surface area contributed by atoms with Crippen molar-refractivity contribution in [1.29, 1.82) is 0 Å². The topological polar surface area (TPSA) is 171 Å². The molecule has 0 aliphatic heterocycles. The zero-order valence-corrected chi connectivity index (χ0v) is 18.4. The van der Waals surface area contributed by atoms with Gasteiger partial charge < -0.3 is 31.9 Å². The predicted octanol–water partition coefficient (Wildman–Crippen LogP) is -1.14. The van der Waals surface area contributed by atoms with Crippen LogP contribution in [0.5, 0.6) is 0 Å². The van der Waals surface area contributed by atoms with E-state index in [1.54, 1.807) is 30.3 Å². The fourth-order valence-corrected chi connectivity index (χ4v) is 3.20. The maximum absolute atomic E-state index is 12.8. The van der Waals surface area contributed by atoms with Crippen LogP contribution in [0.2, 0.25) is 0 Å². The van der Waals surface area contributed by atoms with Crippen molar-refractivity contribution in [2.45, 2.75) is 44.0 Å². The second kappa shape index (κ2) is 13.6. The Balaban J connectivity index is 3.05. The molecule has 0 spiro atoms. The molecule has 0 aliphatic rings. The lowest BCUT2D eigenvalue weighted by Gasteiger charge is -2.25. The van der Waals surface area contributed by atoms with E-state index in [0.29, 0.717) is 12.2 Å². The Morgan fingerprint density at radius 3 is 2.16 bits per heavy atom. The highest BCUT2D eigenvalue weighted by molar-refractivity contribution is 7.98. The lowest BCUT2D eigenvalue weighted by Crippen LogP contribution is -2.58.